The van der Waals surface area contributed by atoms with Gasteiger partial charge in [-0.05, 0) is 19.1 Å². The normalized spacial score (nSPS) is 22.9. The largest absolute Gasteiger partial charge is 0.481 e. The monoisotopic (exact) mass is 245 g/mol. The third-order valence-corrected chi connectivity index (χ3v) is 3.96. The summed E-state index contributed by atoms with van der Waals surface area (Å²) in [6.07, 6.45) is 3.98. The molecule has 1 N–H and O–H groups in total. The summed E-state index contributed by atoms with van der Waals surface area (Å²) in [6, 6.07) is 0. The molecular formula is C11H19NO3S. The van der Waals surface area contributed by atoms with Gasteiger partial charge in [0.25, 0.3) is 0 Å². The Morgan fingerprint density at radius 2 is 2.25 bits per heavy atom. The van der Waals surface area contributed by atoms with E-state index in [0.29, 0.717) is 31.2 Å². The second kappa shape index (κ2) is 6.13. The maximum absolute atomic E-state index is 11.9. The number of aliphatic carboxylic acids is 1. The highest BCUT2D eigenvalue weighted by Crippen LogP contribution is 2.19. The maximum Gasteiger partial charge on any atom is 0.308 e. The Morgan fingerprint density at radius 3 is 2.81 bits per heavy atom. The summed E-state index contributed by atoms with van der Waals surface area (Å²) < 4.78 is 0. The molecular weight excluding hydrogens is 226 g/mol. The Kier molecular flexibility index (Phi) is 5.12. The molecule has 1 heterocycles. The van der Waals surface area contributed by atoms with Crippen LogP contribution in [0.1, 0.15) is 26.2 Å². The van der Waals surface area contributed by atoms with E-state index in [9.17, 15) is 9.59 Å². The molecule has 1 fully saturated rings. The molecule has 16 heavy (non-hydrogen) atoms. The molecule has 0 aliphatic carbocycles. The number of carboxylic acid groups (broad SMARTS) is 1. The number of carbonyl (C=O) groups excluding carboxylic acids is 1. The van der Waals surface area contributed by atoms with Crippen LogP contribution in [0.4, 0.5) is 0 Å². The highest BCUT2D eigenvalue weighted by molar-refractivity contribution is 7.99. The fourth-order valence-electron chi connectivity index (χ4n) is 1.86. The number of carbonyl (C=O) groups is 2. The molecule has 0 bridgehead atoms. The fourth-order valence-corrected chi connectivity index (χ4v) is 2.17. The molecule has 1 rings (SSSR count). The van der Waals surface area contributed by atoms with Crippen molar-refractivity contribution in [3.05, 3.63) is 0 Å². The Balaban J connectivity index is 2.47. The van der Waals surface area contributed by atoms with Crippen LogP contribution in [0.15, 0.2) is 0 Å². The summed E-state index contributed by atoms with van der Waals surface area (Å²) in [7, 11) is 0. The standard InChI is InChI=1S/C11H19NO3S/c1-8(16-2)6-10(13)12-5-3-4-9(7-12)11(14)15/h8-9H,3-7H2,1-2H3,(H,14,15)/t8?,9-/m0/s1. The average molecular weight is 245 g/mol. The van der Waals surface area contributed by atoms with E-state index in [1.807, 2.05) is 13.2 Å². The van der Waals surface area contributed by atoms with Gasteiger partial charge in [-0.15, -0.1) is 0 Å². The number of nitrogens with zero attached hydrogens (tertiary/aromatic N) is 1. The predicted octanol–water partition coefficient (Wildman–Crippen LogP) is 1.45. The van der Waals surface area contributed by atoms with Crippen LogP contribution in [0.5, 0.6) is 0 Å². The third-order valence-electron chi connectivity index (χ3n) is 2.99. The van der Waals surface area contributed by atoms with Crippen molar-refractivity contribution < 1.29 is 14.7 Å². The Morgan fingerprint density at radius 1 is 1.56 bits per heavy atom. The number of hydrogen-bond acceptors (Lipinski definition) is 3. The molecule has 1 aliphatic rings. The highest BCUT2D eigenvalue weighted by Gasteiger charge is 2.28. The van der Waals surface area contributed by atoms with E-state index in [1.165, 1.54) is 0 Å². The number of carboxylic acids is 1. The Labute approximate surface area is 100 Å². The summed E-state index contributed by atoms with van der Waals surface area (Å²) in [4.78, 5) is 24.4. The summed E-state index contributed by atoms with van der Waals surface area (Å²) in [6.45, 7) is 3.11. The number of rotatable bonds is 4. The number of amides is 1. The van der Waals surface area contributed by atoms with Crippen LogP contribution in [0.3, 0.4) is 0 Å². The lowest BCUT2D eigenvalue weighted by Gasteiger charge is -2.31. The van der Waals surface area contributed by atoms with Gasteiger partial charge in [0.2, 0.25) is 5.91 Å². The van der Waals surface area contributed by atoms with E-state index in [0.717, 1.165) is 6.42 Å². The second-order valence-electron chi connectivity index (χ2n) is 4.27. The molecule has 0 radical (unpaired) electrons. The van der Waals surface area contributed by atoms with Crippen LogP contribution in [0, 0.1) is 5.92 Å². The van der Waals surface area contributed by atoms with Gasteiger partial charge in [0.1, 0.15) is 0 Å². The van der Waals surface area contributed by atoms with Gasteiger partial charge in [-0.3, -0.25) is 9.59 Å². The van der Waals surface area contributed by atoms with Gasteiger partial charge < -0.3 is 10.0 Å². The van der Waals surface area contributed by atoms with Crippen molar-refractivity contribution in [1.29, 1.82) is 0 Å². The van der Waals surface area contributed by atoms with Crippen LogP contribution in [-0.4, -0.2) is 46.5 Å². The summed E-state index contributed by atoms with van der Waals surface area (Å²) in [5.74, 6) is -1.06. The molecule has 4 nitrogen and oxygen atoms in total. The SMILES string of the molecule is CSC(C)CC(=O)N1CCC[C@H](C(=O)O)C1. The van der Waals surface area contributed by atoms with Crippen LogP contribution < -0.4 is 0 Å². The van der Waals surface area contributed by atoms with Crippen LogP contribution in [0.25, 0.3) is 0 Å². The first-order chi connectivity index (χ1) is 7.54. The van der Waals surface area contributed by atoms with Crippen molar-refractivity contribution in [3.63, 3.8) is 0 Å². The molecule has 92 valence electrons. The minimum Gasteiger partial charge on any atom is -0.481 e. The van der Waals surface area contributed by atoms with E-state index in [1.54, 1.807) is 16.7 Å². The van der Waals surface area contributed by atoms with Gasteiger partial charge in [-0.1, -0.05) is 6.92 Å². The molecule has 0 spiro atoms. The van der Waals surface area contributed by atoms with Crippen molar-refractivity contribution in [2.24, 2.45) is 5.92 Å². The zero-order valence-electron chi connectivity index (χ0n) is 9.81. The van der Waals surface area contributed by atoms with E-state index in [-0.39, 0.29) is 11.8 Å². The Hall–Kier alpha value is -0.710. The van der Waals surface area contributed by atoms with Crippen molar-refractivity contribution in [1.82, 2.24) is 4.90 Å². The number of piperidine rings is 1. The molecule has 5 heteroatoms. The van der Waals surface area contributed by atoms with Crippen molar-refractivity contribution in [2.75, 3.05) is 19.3 Å². The molecule has 0 aromatic rings. The molecule has 0 saturated carbocycles. The number of hydrogen-bond donors (Lipinski definition) is 1. The van der Waals surface area contributed by atoms with Crippen LogP contribution in [0.2, 0.25) is 0 Å². The first-order valence-corrected chi connectivity index (χ1v) is 6.86. The smallest absolute Gasteiger partial charge is 0.308 e. The summed E-state index contributed by atoms with van der Waals surface area (Å²) >= 11 is 1.66. The lowest BCUT2D eigenvalue weighted by molar-refractivity contribution is -0.145. The molecule has 1 unspecified atom stereocenters. The van der Waals surface area contributed by atoms with Crippen molar-refractivity contribution >= 4 is 23.6 Å². The van der Waals surface area contributed by atoms with E-state index >= 15 is 0 Å². The van der Waals surface area contributed by atoms with Gasteiger partial charge in [-0.25, -0.2) is 0 Å². The number of thioether (sulfide) groups is 1. The molecule has 0 aromatic heterocycles. The maximum atomic E-state index is 11.9. The van der Waals surface area contributed by atoms with Crippen molar-refractivity contribution in [2.45, 2.75) is 31.4 Å². The zero-order chi connectivity index (χ0) is 12.1. The fraction of sp³-hybridized carbons (Fsp3) is 0.818. The summed E-state index contributed by atoms with van der Waals surface area (Å²) in [5.41, 5.74) is 0. The van der Waals surface area contributed by atoms with Gasteiger partial charge in [-0.2, -0.15) is 11.8 Å². The Bertz CT molecular complexity index is 270. The van der Waals surface area contributed by atoms with E-state index in [2.05, 4.69) is 0 Å². The summed E-state index contributed by atoms with van der Waals surface area (Å²) in [5, 5.41) is 9.23. The van der Waals surface area contributed by atoms with Gasteiger partial charge in [0.05, 0.1) is 5.92 Å². The highest BCUT2D eigenvalue weighted by atomic mass is 32.2. The van der Waals surface area contributed by atoms with Gasteiger partial charge >= 0.3 is 5.97 Å². The number of likely N-dealkylation sites (tertiary alicyclic amines) is 1. The molecule has 0 aromatic carbocycles. The zero-order valence-corrected chi connectivity index (χ0v) is 10.6. The topological polar surface area (TPSA) is 57.6 Å². The first kappa shape index (κ1) is 13.4. The molecule has 1 aliphatic heterocycles. The minimum absolute atomic E-state index is 0.0906. The van der Waals surface area contributed by atoms with Crippen LogP contribution >= 0.6 is 11.8 Å². The van der Waals surface area contributed by atoms with E-state index < -0.39 is 5.97 Å². The first-order valence-electron chi connectivity index (χ1n) is 5.58. The molecule has 1 amide bonds. The van der Waals surface area contributed by atoms with Crippen LogP contribution in [-0.2, 0) is 9.59 Å². The van der Waals surface area contributed by atoms with E-state index in [4.69, 9.17) is 5.11 Å². The second-order valence-corrected chi connectivity index (χ2v) is 5.54. The lowest BCUT2D eigenvalue weighted by atomic mass is 9.98. The third kappa shape index (κ3) is 3.70. The molecule has 1 saturated heterocycles. The van der Waals surface area contributed by atoms with Crippen molar-refractivity contribution in [3.8, 4) is 0 Å². The molecule has 2 atom stereocenters. The van der Waals surface area contributed by atoms with Gasteiger partial charge in [0, 0.05) is 24.8 Å². The lowest BCUT2D eigenvalue weighted by Crippen LogP contribution is -2.42. The minimum atomic E-state index is -0.782. The quantitative estimate of drug-likeness (QED) is 0.814. The average Bonchev–Trinajstić information content (AvgIpc) is 2.28. The van der Waals surface area contributed by atoms with Gasteiger partial charge in [0.15, 0.2) is 0 Å². The predicted molar refractivity (Wildman–Crippen MR) is 64.5 cm³/mol.